The van der Waals surface area contributed by atoms with Gasteiger partial charge in [-0.25, -0.2) is 0 Å². The molecular weight excluding hydrogens is 270 g/mol. The molecule has 1 atom stereocenters. The average Bonchev–Trinajstić information content (AvgIpc) is 2.26. The summed E-state index contributed by atoms with van der Waals surface area (Å²) in [7, 11) is 0. The third kappa shape index (κ3) is 2.68. The predicted molar refractivity (Wildman–Crippen MR) is 67.1 cm³/mol. The van der Waals surface area contributed by atoms with Gasteiger partial charge in [0.2, 0.25) is 0 Å². The summed E-state index contributed by atoms with van der Waals surface area (Å²) in [5.74, 6) is 1.65. The van der Waals surface area contributed by atoms with Gasteiger partial charge in [-0.05, 0) is 53.4 Å². The van der Waals surface area contributed by atoms with Gasteiger partial charge < -0.3 is 15.2 Å². The molecule has 4 heteroatoms. The van der Waals surface area contributed by atoms with E-state index in [9.17, 15) is 0 Å². The molecule has 0 aliphatic carbocycles. The van der Waals surface area contributed by atoms with E-state index in [1.165, 1.54) is 5.56 Å². The van der Waals surface area contributed by atoms with Crippen LogP contribution in [0.1, 0.15) is 18.9 Å². The van der Waals surface area contributed by atoms with Crippen LogP contribution in [0, 0.1) is 0 Å². The Morgan fingerprint density at radius 3 is 2.88 bits per heavy atom. The zero-order chi connectivity index (χ0) is 11.5. The van der Waals surface area contributed by atoms with Crippen LogP contribution in [0.15, 0.2) is 16.6 Å². The van der Waals surface area contributed by atoms with E-state index in [1.807, 2.05) is 13.0 Å². The lowest BCUT2D eigenvalue weighted by Gasteiger charge is -2.20. The summed E-state index contributed by atoms with van der Waals surface area (Å²) in [4.78, 5) is 0. The zero-order valence-corrected chi connectivity index (χ0v) is 10.9. The van der Waals surface area contributed by atoms with E-state index in [2.05, 4.69) is 22.0 Å². The summed E-state index contributed by atoms with van der Waals surface area (Å²) in [6.45, 7) is 3.26. The average molecular weight is 286 g/mol. The first kappa shape index (κ1) is 11.7. The molecule has 88 valence electrons. The number of ether oxygens (including phenoxy) is 2. The molecule has 2 N–H and O–H groups in total. The minimum absolute atomic E-state index is 0.229. The molecule has 0 amide bonds. The van der Waals surface area contributed by atoms with Crippen LogP contribution >= 0.6 is 15.9 Å². The lowest BCUT2D eigenvalue weighted by Crippen LogP contribution is -2.17. The van der Waals surface area contributed by atoms with Gasteiger partial charge in [0.05, 0.1) is 4.47 Å². The van der Waals surface area contributed by atoms with Crippen LogP contribution in [0.5, 0.6) is 11.5 Å². The van der Waals surface area contributed by atoms with E-state index in [0.29, 0.717) is 13.2 Å². The number of benzene rings is 1. The Kier molecular flexibility index (Phi) is 3.71. The van der Waals surface area contributed by atoms with Crippen molar-refractivity contribution in [3.8, 4) is 11.5 Å². The van der Waals surface area contributed by atoms with Gasteiger partial charge in [-0.3, -0.25) is 0 Å². The van der Waals surface area contributed by atoms with Crippen molar-refractivity contribution >= 4 is 15.9 Å². The second-order valence-electron chi connectivity index (χ2n) is 4.12. The Hall–Kier alpha value is -0.740. The number of fused-ring (bicyclic) bond motifs is 1. The second kappa shape index (κ2) is 5.06. The van der Waals surface area contributed by atoms with Gasteiger partial charge in [0.1, 0.15) is 13.2 Å². The first-order chi connectivity index (χ1) is 7.66. The van der Waals surface area contributed by atoms with Crippen LogP contribution in [-0.2, 0) is 6.42 Å². The number of hydrogen-bond acceptors (Lipinski definition) is 3. The smallest absolute Gasteiger partial charge is 0.175 e. The molecule has 0 fully saturated rings. The lowest BCUT2D eigenvalue weighted by atomic mass is 10.1. The van der Waals surface area contributed by atoms with Gasteiger partial charge in [-0.2, -0.15) is 0 Å². The summed E-state index contributed by atoms with van der Waals surface area (Å²) in [6.07, 6.45) is 1.94. The molecule has 0 bridgehead atoms. The molecule has 1 aromatic rings. The van der Waals surface area contributed by atoms with Crippen molar-refractivity contribution in [2.24, 2.45) is 5.73 Å². The van der Waals surface area contributed by atoms with Crippen LogP contribution in [0.4, 0.5) is 0 Å². The van der Waals surface area contributed by atoms with E-state index in [4.69, 9.17) is 15.2 Å². The van der Waals surface area contributed by atoms with Crippen molar-refractivity contribution in [3.63, 3.8) is 0 Å². The Bertz CT molecular complexity index is 380. The van der Waals surface area contributed by atoms with Gasteiger partial charge in [-0.1, -0.05) is 0 Å². The van der Waals surface area contributed by atoms with E-state index >= 15 is 0 Å². The molecule has 0 unspecified atom stereocenters. The topological polar surface area (TPSA) is 44.5 Å². The van der Waals surface area contributed by atoms with Crippen LogP contribution in [0.2, 0.25) is 0 Å². The van der Waals surface area contributed by atoms with Crippen LogP contribution in [-0.4, -0.2) is 19.3 Å². The highest BCUT2D eigenvalue weighted by Gasteiger charge is 2.16. The Labute approximate surface area is 104 Å². The molecule has 0 radical (unpaired) electrons. The molecule has 3 nitrogen and oxygen atoms in total. The zero-order valence-electron chi connectivity index (χ0n) is 9.33. The van der Waals surface area contributed by atoms with Gasteiger partial charge in [-0.15, -0.1) is 0 Å². The van der Waals surface area contributed by atoms with E-state index < -0.39 is 0 Å². The second-order valence-corrected chi connectivity index (χ2v) is 4.97. The maximum absolute atomic E-state index is 5.75. The van der Waals surface area contributed by atoms with Crippen molar-refractivity contribution in [3.05, 3.63) is 22.2 Å². The molecule has 1 aromatic carbocycles. The fourth-order valence-corrected chi connectivity index (χ4v) is 2.31. The first-order valence-corrected chi connectivity index (χ1v) is 6.29. The molecule has 1 aliphatic heterocycles. The number of hydrogen-bond donors (Lipinski definition) is 1. The van der Waals surface area contributed by atoms with Crippen LogP contribution in [0.3, 0.4) is 0 Å². The van der Waals surface area contributed by atoms with Gasteiger partial charge >= 0.3 is 0 Å². The summed E-state index contributed by atoms with van der Waals surface area (Å²) < 4.78 is 12.1. The minimum Gasteiger partial charge on any atom is -0.486 e. The maximum Gasteiger partial charge on any atom is 0.175 e. The third-order valence-corrected chi connectivity index (χ3v) is 3.13. The maximum atomic E-state index is 5.75. The molecule has 1 aliphatic rings. The Balaban J connectivity index is 2.18. The normalized spacial score (nSPS) is 15.9. The molecule has 0 saturated carbocycles. The van der Waals surface area contributed by atoms with E-state index in [1.54, 1.807) is 0 Å². The lowest BCUT2D eigenvalue weighted by molar-refractivity contribution is 0.170. The predicted octanol–water partition coefficient (Wildman–Crippen LogP) is 2.50. The van der Waals surface area contributed by atoms with Crippen molar-refractivity contribution < 1.29 is 9.47 Å². The first-order valence-electron chi connectivity index (χ1n) is 5.50. The molecule has 16 heavy (non-hydrogen) atoms. The van der Waals surface area contributed by atoms with Crippen molar-refractivity contribution in [1.29, 1.82) is 0 Å². The van der Waals surface area contributed by atoms with Crippen molar-refractivity contribution in [2.75, 3.05) is 13.2 Å². The third-order valence-electron chi connectivity index (χ3n) is 2.54. The number of aryl methyl sites for hydroxylation is 1. The highest BCUT2D eigenvalue weighted by Crippen LogP contribution is 2.38. The quantitative estimate of drug-likeness (QED) is 0.928. The SMILES string of the molecule is C[C@H](N)CCc1cc(Br)c2c(c1)OCCO2. The van der Waals surface area contributed by atoms with E-state index in [0.717, 1.165) is 28.8 Å². The minimum atomic E-state index is 0.229. The van der Waals surface area contributed by atoms with Crippen molar-refractivity contribution in [1.82, 2.24) is 0 Å². The van der Waals surface area contributed by atoms with Gasteiger partial charge in [0.15, 0.2) is 11.5 Å². The number of nitrogens with two attached hydrogens (primary N) is 1. The summed E-state index contributed by atoms with van der Waals surface area (Å²) in [5, 5.41) is 0. The summed E-state index contributed by atoms with van der Waals surface area (Å²) in [5.41, 5.74) is 6.98. The largest absolute Gasteiger partial charge is 0.486 e. The highest BCUT2D eigenvalue weighted by atomic mass is 79.9. The monoisotopic (exact) mass is 285 g/mol. The summed E-state index contributed by atoms with van der Waals surface area (Å²) in [6, 6.07) is 4.35. The molecule has 2 rings (SSSR count). The number of halogens is 1. The fourth-order valence-electron chi connectivity index (χ4n) is 1.70. The Morgan fingerprint density at radius 1 is 1.38 bits per heavy atom. The molecular formula is C12H16BrNO2. The highest BCUT2D eigenvalue weighted by molar-refractivity contribution is 9.10. The fraction of sp³-hybridized carbons (Fsp3) is 0.500. The molecule has 1 heterocycles. The summed E-state index contributed by atoms with van der Waals surface area (Å²) >= 11 is 3.50. The number of rotatable bonds is 3. The van der Waals surface area contributed by atoms with Crippen LogP contribution < -0.4 is 15.2 Å². The molecule has 0 aromatic heterocycles. The molecule has 0 spiro atoms. The van der Waals surface area contributed by atoms with Gasteiger partial charge in [0, 0.05) is 6.04 Å². The van der Waals surface area contributed by atoms with Crippen LogP contribution in [0.25, 0.3) is 0 Å². The molecule has 0 saturated heterocycles. The van der Waals surface area contributed by atoms with Gasteiger partial charge in [0.25, 0.3) is 0 Å². The standard InChI is InChI=1S/C12H16BrNO2/c1-8(14)2-3-9-6-10(13)12-11(7-9)15-4-5-16-12/h6-8H,2-5,14H2,1H3/t8-/m0/s1. The Morgan fingerprint density at radius 2 is 2.12 bits per heavy atom. The van der Waals surface area contributed by atoms with Crippen molar-refractivity contribution in [2.45, 2.75) is 25.8 Å². The van der Waals surface area contributed by atoms with E-state index in [-0.39, 0.29) is 6.04 Å².